The molecule has 2 heterocycles. The molecule has 0 bridgehead atoms. The molecule has 8 heteroatoms. The van der Waals surface area contributed by atoms with Gasteiger partial charge in [0, 0.05) is 6.20 Å². The standard InChI is InChI=1S/C9H10N6OS/c1-5-11-2-6(8(10)17)9(14-5)12-3-7-13-4-16-15-7/h2,4H,3H2,1H3,(H2,10,17)(H,11,12,14). The topological polar surface area (TPSA) is 103 Å². The van der Waals surface area contributed by atoms with Crippen molar-refractivity contribution in [2.45, 2.75) is 13.5 Å². The van der Waals surface area contributed by atoms with Crippen LogP contribution in [0.4, 0.5) is 5.82 Å². The molecule has 2 aromatic rings. The molecular weight excluding hydrogens is 240 g/mol. The number of aromatic nitrogens is 4. The Balaban J connectivity index is 2.19. The molecule has 0 amide bonds. The molecular formula is C9H10N6OS. The number of aryl methyl sites for hydroxylation is 1. The highest BCUT2D eigenvalue weighted by molar-refractivity contribution is 7.80. The van der Waals surface area contributed by atoms with Crippen molar-refractivity contribution in [1.29, 1.82) is 0 Å². The lowest BCUT2D eigenvalue weighted by Crippen LogP contribution is -2.16. The van der Waals surface area contributed by atoms with E-state index in [2.05, 4.69) is 29.9 Å². The minimum Gasteiger partial charge on any atom is -0.389 e. The number of nitrogens with one attached hydrogen (secondary N) is 1. The maximum atomic E-state index is 5.58. The van der Waals surface area contributed by atoms with E-state index in [-0.39, 0.29) is 4.99 Å². The number of nitrogens with zero attached hydrogens (tertiary/aromatic N) is 4. The first-order valence-electron chi connectivity index (χ1n) is 4.79. The van der Waals surface area contributed by atoms with E-state index in [9.17, 15) is 0 Å². The lowest BCUT2D eigenvalue weighted by molar-refractivity contribution is 0.411. The van der Waals surface area contributed by atoms with Crippen LogP contribution in [0.15, 0.2) is 17.1 Å². The Labute approximate surface area is 102 Å². The summed E-state index contributed by atoms with van der Waals surface area (Å²) in [6, 6.07) is 0. The van der Waals surface area contributed by atoms with Gasteiger partial charge in [-0.2, -0.15) is 4.98 Å². The highest BCUT2D eigenvalue weighted by atomic mass is 32.1. The van der Waals surface area contributed by atoms with E-state index in [0.29, 0.717) is 29.6 Å². The minimum absolute atomic E-state index is 0.237. The van der Waals surface area contributed by atoms with Gasteiger partial charge in [-0.05, 0) is 6.92 Å². The largest absolute Gasteiger partial charge is 0.389 e. The molecule has 0 saturated carbocycles. The number of thiocarbonyl (C=S) groups is 1. The van der Waals surface area contributed by atoms with E-state index in [1.807, 2.05) is 0 Å². The molecule has 7 nitrogen and oxygen atoms in total. The zero-order valence-electron chi connectivity index (χ0n) is 9.04. The van der Waals surface area contributed by atoms with Gasteiger partial charge < -0.3 is 15.6 Å². The highest BCUT2D eigenvalue weighted by Gasteiger charge is 2.08. The summed E-state index contributed by atoms with van der Waals surface area (Å²) in [7, 11) is 0. The third-order valence-electron chi connectivity index (χ3n) is 2.00. The smallest absolute Gasteiger partial charge is 0.213 e. The van der Waals surface area contributed by atoms with Crippen LogP contribution in [-0.4, -0.2) is 25.1 Å². The van der Waals surface area contributed by atoms with Gasteiger partial charge in [-0.1, -0.05) is 17.4 Å². The second-order valence-corrected chi connectivity index (χ2v) is 3.68. The Morgan fingerprint density at radius 2 is 2.35 bits per heavy atom. The summed E-state index contributed by atoms with van der Waals surface area (Å²) in [6.45, 7) is 2.16. The van der Waals surface area contributed by atoms with E-state index in [0.717, 1.165) is 0 Å². The molecule has 0 aliphatic rings. The van der Waals surface area contributed by atoms with Gasteiger partial charge in [0.25, 0.3) is 0 Å². The number of rotatable bonds is 4. The second-order valence-electron chi connectivity index (χ2n) is 3.24. The number of hydrogen-bond acceptors (Lipinski definition) is 7. The lowest BCUT2D eigenvalue weighted by atomic mass is 10.3. The van der Waals surface area contributed by atoms with Crippen LogP contribution in [0.25, 0.3) is 0 Å². The van der Waals surface area contributed by atoms with Crippen molar-refractivity contribution in [2.75, 3.05) is 5.32 Å². The maximum Gasteiger partial charge on any atom is 0.213 e. The van der Waals surface area contributed by atoms with Gasteiger partial charge in [-0.3, -0.25) is 0 Å². The third-order valence-corrected chi connectivity index (χ3v) is 2.22. The van der Waals surface area contributed by atoms with E-state index in [1.165, 1.54) is 6.39 Å². The predicted molar refractivity (Wildman–Crippen MR) is 64.3 cm³/mol. The van der Waals surface area contributed by atoms with Crippen LogP contribution < -0.4 is 11.1 Å². The van der Waals surface area contributed by atoms with E-state index < -0.39 is 0 Å². The van der Waals surface area contributed by atoms with Crippen molar-refractivity contribution in [3.63, 3.8) is 0 Å². The summed E-state index contributed by atoms with van der Waals surface area (Å²) in [6.07, 6.45) is 2.85. The van der Waals surface area contributed by atoms with Crippen molar-refractivity contribution in [1.82, 2.24) is 20.1 Å². The minimum atomic E-state index is 0.237. The maximum absolute atomic E-state index is 5.58. The van der Waals surface area contributed by atoms with E-state index in [4.69, 9.17) is 18.0 Å². The van der Waals surface area contributed by atoms with Crippen molar-refractivity contribution in [2.24, 2.45) is 5.73 Å². The molecule has 3 N–H and O–H groups in total. The fraction of sp³-hybridized carbons (Fsp3) is 0.222. The van der Waals surface area contributed by atoms with Crippen LogP contribution >= 0.6 is 12.2 Å². The first-order chi connectivity index (χ1) is 8.16. The average molecular weight is 250 g/mol. The summed E-state index contributed by atoms with van der Waals surface area (Å²) in [4.78, 5) is 12.4. The fourth-order valence-electron chi connectivity index (χ4n) is 1.22. The van der Waals surface area contributed by atoms with Crippen molar-refractivity contribution in [3.8, 4) is 0 Å². The molecule has 0 aliphatic carbocycles. The van der Waals surface area contributed by atoms with Crippen LogP contribution in [0, 0.1) is 6.92 Å². The van der Waals surface area contributed by atoms with Crippen LogP contribution in [-0.2, 0) is 6.54 Å². The summed E-state index contributed by atoms with van der Waals surface area (Å²) in [5.74, 6) is 1.71. The van der Waals surface area contributed by atoms with Gasteiger partial charge in [0.05, 0.1) is 12.1 Å². The van der Waals surface area contributed by atoms with Crippen molar-refractivity contribution < 1.29 is 4.52 Å². The zero-order valence-corrected chi connectivity index (χ0v) is 9.86. The Bertz CT molecular complexity index is 526. The van der Waals surface area contributed by atoms with Gasteiger partial charge in [-0.25, -0.2) is 9.97 Å². The Morgan fingerprint density at radius 1 is 1.53 bits per heavy atom. The quantitative estimate of drug-likeness (QED) is 0.752. The van der Waals surface area contributed by atoms with Crippen LogP contribution in [0.2, 0.25) is 0 Å². The molecule has 0 fully saturated rings. The monoisotopic (exact) mass is 250 g/mol. The average Bonchev–Trinajstić information content (AvgIpc) is 2.78. The van der Waals surface area contributed by atoms with E-state index >= 15 is 0 Å². The molecule has 88 valence electrons. The predicted octanol–water partition coefficient (Wildman–Crippen LogP) is 0.414. The molecule has 0 atom stereocenters. The fourth-order valence-corrected chi connectivity index (χ4v) is 1.37. The summed E-state index contributed by atoms with van der Waals surface area (Å²) in [5.41, 5.74) is 6.17. The number of hydrogen-bond donors (Lipinski definition) is 2. The molecule has 0 spiro atoms. The van der Waals surface area contributed by atoms with Crippen molar-refractivity contribution >= 4 is 23.0 Å². The van der Waals surface area contributed by atoms with Gasteiger partial charge in [0.15, 0.2) is 5.82 Å². The highest BCUT2D eigenvalue weighted by Crippen LogP contribution is 2.12. The molecule has 0 aliphatic heterocycles. The first kappa shape index (κ1) is 11.4. The molecule has 0 radical (unpaired) electrons. The summed E-state index contributed by atoms with van der Waals surface area (Å²) < 4.78 is 4.62. The Morgan fingerprint density at radius 3 is 3.00 bits per heavy atom. The molecule has 0 aromatic carbocycles. The molecule has 0 unspecified atom stereocenters. The Kier molecular flexibility index (Phi) is 3.24. The summed E-state index contributed by atoms with van der Waals surface area (Å²) >= 11 is 4.92. The normalized spacial score (nSPS) is 10.2. The van der Waals surface area contributed by atoms with Gasteiger partial charge in [0.1, 0.15) is 16.6 Å². The summed E-state index contributed by atoms with van der Waals surface area (Å²) in [5, 5.41) is 6.71. The van der Waals surface area contributed by atoms with Crippen LogP contribution in [0.5, 0.6) is 0 Å². The SMILES string of the molecule is Cc1ncc(C(N)=S)c(NCc2ncon2)n1. The second kappa shape index (κ2) is 4.83. The lowest BCUT2D eigenvalue weighted by Gasteiger charge is -2.08. The molecule has 2 rings (SSSR count). The van der Waals surface area contributed by atoms with Crippen LogP contribution in [0.1, 0.15) is 17.2 Å². The van der Waals surface area contributed by atoms with Gasteiger partial charge in [-0.15, -0.1) is 0 Å². The third kappa shape index (κ3) is 2.72. The van der Waals surface area contributed by atoms with Gasteiger partial charge >= 0.3 is 0 Å². The van der Waals surface area contributed by atoms with Crippen molar-refractivity contribution in [3.05, 3.63) is 29.8 Å². The van der Waals surface area contributed by atoms with Gasteiger partial charge in [0.2, 0.25) is 6.39 Å². The first-order valence-corrected chi connectivity index (χ1v) is 5.20. The van der Waals surface area contributed by atoms with Crippen LogP contribution in [0.3, 0.4) is 0 Å². The number of nitrogens with two attached hydrogens (primary N) is 1. The van der Waals surface area contributed by atoms with E-state index in [1.54, 1.807) is 13.1 Å². The zero-order chi connectivity index (χ0) is 12.3. The molecule has 0 saturated heterocycles. The Hall–Kier alpha value is -2.09. The molecule has 2 aromatic heterocycles. The molecule has 17 heavy (non-hydrogen) atoms. The number of anilines is 1.